The second kappa shape index (κ2) is 12.8. The Bertz CT molecular complexity index is 1410. The normalized spacial score (nSPS) is 20.4. The Balaban J connectivity index is 1.56. The third kappa shape index (κ3) is 7.69. The lowest BCUT2D eigenvalue weighted by Crippen LogP contribution is -2.48. The van der Waals surface area contributed by atoms with Crippen molar-refractivity contribution in [3.05, 3.63) is 47.7 Å². The Morgan fingerprint density at radius 2 is 1.86 bits per heavy atom. The van der Waals surface area contributed by atoms with E-state index in [1.165, 1.54) is 20.2 Å². The number of nitrogens with one attached hydrogen (secondary N) is 3. The zero-order chi connectivity index (χ0) is 30.7. The number of likely N-dealkylation sites (tertiary alicyclic amines) is 1. The van der Waals surface area contributed by atoms with Crippen LogP contribution in [0.3, 0.4) is 0 Å². The molecule has 3 N–H and O–H groups in total. The maximum atomic E-state index is 13.9. The Kier molecular flexibility index (Phi) is 9.63. The van der Waals surface area contributed by atoms with Gasteiger partial charge in [-0.1, -0.05) is 12.2 Å². The first-order valence-corrected chi connectivity index (χ1v) is 15.3. The van der Waals surface area contributed by atoms with Crippen molar-refractivity contribution in [3.63, 3.8) is 0 Å². The summed E-state index contributed by atoms with van der Waals surface area (Å²) in [4.78, 5) is 23.0. The smallest absolute Gasteiger partial charge is 0.421 e. The van der Waals surface area contributed by atoms with Crippen molar-refractivity contribution in [1.29, 1.82) is 0 Å². The van der Waals surface area contributed by atoms with Gasteiger partial charge >= 0.3 is 6.18 Å². The summed E-state index contributed by atoms with van der Waals surface area (Å²) in [7, 11) is 1.25. The summed E-state index contributed by atoms with van der Waals surface area (Å²) in [5.41, 5.74) is -0.371. The van der Waals surface area contributed by atoms with Gasteiger partial charge in [0.2, 0.25) is 16.0 Å². The van der Waals surface area contributed by atoms with Crippen LogP contribution in [0, 0.1) is 0 Å². The summed E-state index contributed by atoms with van der Waals surface area (Å²) in [6.45, 7) is 1.79. The number of piperidine rings is 1. The number of hydrogen-bond donors (Lipinski definition) is 3. The van der Waals surface area contributed by atoms with E-state index in [9.17, 15) is 26.4 Å². The van der Waals surface area contributed by atoms with E-state index < -0.39 is 39.7 Å². The zero-order valence-electron chi connectivity index (χ0n) is 23.9. The van der Waals surface area contributed by atoms with Crippen molar-refractivity contribution in [2.24, 2.45) is 0 Å². The number of amides is 1. The lowest BCUT2D eigenvalue weighted by Gasteiger charge is -2.35. The first-order chi connectivity index (χ1) is 19.8. The van der Waals surface area contributed by atoms with Gasteiger partial charge < -0.3 is 25.6 Å². The highest BCUT2D eigenvalue weighted by atomic mass is 32.2. The SMILES string of the molecule is COc1cc(C(=O)NC2CCN(C)CC2)ccc1Nc1ncc(C(F)(F)F)c(N[C@@H]2CC=CC[C@H]2N(C)S(C)(=O)=O)n1. The molecule has 0 radical (unpaired) electrons. The van der Waals surface area contributed by atoms with E-state index in [4.69, 9.17) is 4.74 Å². The van der Waals surface area contributed by atoms with E-state index in [1.807, 2.05) is 7.05 Å². The first kappa shape index (κ1) is 31.5. The number of rotatable bonds is 9. The van der Waals surface area contributed by atoms with Gasteiger partial charge in [0.25, 0.3) is 5.91 Å². The number of hydrogen-bond acceptors (Lipinski definition) is 9. The molecule has 1 saturated heterocycles. The summed E-state index contributed by atoms with van der Waals surface area (Å²) >= 11 is 0. The van der Waals surface area contributed by atoms with Gasteiger partial charge in [0.1, 0.15) is 17.1 Å². The van der Waals surface area contributed by atoms with Crippen LogP contribution in [0.4, 0.5) is 30.6 Å². The number of methoxy groups -OCH3 is 1. The Morgan fingerprint density at radius 1 is 1.17 bits per heavy atom. The Hall–Kier alpha value is -3.43. The molecule has 2 aromatic rings. The molecule has 1 aromatic heterocycles. The minimum Gasteiger partial charge on any atom is -0.495 e. The number of alkyl halides is 3. The number of likely N-dealkylation sites (N-methyl/N-ethyl adjacent to an activating group) is 1. The van der Waals surface area contributed by atoms with Gasteiger partial charge in [-0.05, 0) is 64.0 Å². The van der Waals surface area contributed by atoms with Crippen LogP contribution in [0.1, 0.15) is 41.6 Å². The van der Waals surface area contributed by atoms with E-state index in [1.54, 1.807) is 24.3 Å². The fraction of sp³-hybridized carbons (Fsp3) is 0.519. The molecule has 42 heavy (non-hydrogen) atoms. The predicted octanol–water partition coefficient (Wildman–Crippen LogP) is 3.46. The quantitative estimate of drug-likeness (QED) is 0.365. The zero-order valence-corrected chi connectivity index (χ0v) is 24.7. The van der Waals surface area contributed by atoms with Crippen LogP contribution in [0.25, 0.3) is 0 Å². The summed E-state index contributed by atoms with van der Waals surface area (Å²) in [5, 5.41) is 8.74. The fourth-order valence-electron chi connectivity index (χ4n) is 5.02. The standard InChI is InChI=1S/C27H36F3N7O4S/c1-36-13-11-18(12-14-36)32-25(38)17-9-10-21(23(15-17)41-3)34-26-31-16-19(27(28,29)30)24(35-26)33-20-7-5-6-8-22(20)37(2)42(4,39)40/h5-6,9-10,15-16,18,20,22H,7-8,11-14H2,1-4H3,(H,32,38)(H2,31,33,34,35)/t20-,22-/m1/s1. The number of aromatic nitrogens is 2. The second-order valence-corrected chi connectivity index (χ2v) is 12.6. The predicted molar refractivity (Wildman–Crippen MR) is 153 cm³/mol. The number of sulfonamides is 1. The molecule has 1 amide bonds. The molecule has 2 atom stereocenters. The highest BCUT2D eigenvalue weighted by molar-refractivity contribution is 7.88. The lowest BCUT2D eigenvalue weighted by molar-refractivity contribution is -0.137. The van der Waals surface area contributed by atoms with Crippen molar-refractivity contribution in [2.75, 3.05) is 51.2 Å². The molecule has 230 valence electrons. The number of nitrogens with zero attached hydrogens (tertiary/aromatic N) is 4. The van der Waals surface area contributed by atoms with Gasteiger partial charge in [-0.2, -0.15) is 22.5 Å². The molecule has 1 aliphatic carbocycles. The molecule has 2 aliphatic rings. The molecule has 1 aliphatic heterocycles. The van der Waals surface area contributed by atoms with Crippen LogP contribution in [-0.2, 0) is 16.2 Å². The highest BCUT2D eigenvalue weighted by Crippen LogP contribution is 2.36. The minimum atomic E-state index is -4.76. The molecule has 0 unspecified atom stereocenters. The molecule has 1 fully saturated rings. The molecule has 0 spiro atoms. The number of benzene rings is 1. The molecular formula is C27H36F3N7O4S. The van der Waals surface area contributed by atoms with Crippen LogP contribution >= 0.6 is 0 Å². The summed E-state index contributed by atoms with van der Waals surface area (Å²) in [6.07, 6.45) is 2.86. The number of carbonyl (C=O) groups is 1. The second-order valence-electron chi connectivity index (χ2n) is 10.6. The molecular weight excluding hydrogens is 575 g/mol. The third-order valence-corrected chi connectivity index (χ3v) is 8.89. The number of halogens is 3. The van der Waals surface area contributed by atoms with E-state index in [2.05, 4.69) is 30.8 Å². The van der Waals surface area contributed by atoms with E-state index >= 15 is 0 Å². The molecule has 1 aromatic carbocycles. The van der Waals surface area contributed by atoms with Gasteiger partial charge in [-0.25, -0.2) is 13.4 Å². The van der Waals surface area contributed by atoms with E-state index in [-0.39, 0.29) is 23.6 Å². The lowest BCUT2D eigenvalue weighted by atomic mass is 9.96. The molecule has 0 saturated carbocycles. The monoisotopic (exact) mass is 611 g/mol. The van der Waals surface area contributed by atoms with Crippen LogP contribution < -0.4 is 20.7 Å². The maximum Gasteiger partial charge on any atom is 0.421 e. The third-order valence-electron chi connectivity index (χ3n) is 7.57. The van der Waals surface area contributed by atoms with Crippen LogP contribution in [0.5, 0.6) is 5.75 Å². The largest absolute Gasteiger partial charge is 0.495 e. The Labute approximate surface area is 243 Å². The summed E-state index contributed by atoms with van der Waals surface area (Å²) in [6, 6.07) is 3.47. The van der Waals surface area contributed by atoms with Crippen molar-refractivity contribution in [1.82, 2.24) is 24.5 Å². The van der Waals surface area contributed by atoms with Crippen LogP contribution in [0.15, 0.2) is 36.5 Å². The molecule has 0 bridgehead atoms. The maximum absolute atomic E-state index is 13.9. The highest BCUT2D eigenvalue weighted by Gasteiger charge is 2.38. The summed E-state index contributed by atoms with van der Waals surface area (Å²) < 4.78 is 72.7. The summed E-state index contributed by atoms with van der Waals surface area (Å²) in [5.74, 6) is -0.606. The first-order valence-electron chi connectivity index (χ1n) is 13.5. The van der Waals surface area contributed by atoms with Crippen molar-refractivity contribution >= 4 is 33.4 Å². The molecule has 4 rings (SSSR count). The van der Waals surface area contributed by atoms with E-state index in [0.29, 0.717) is 30.3 Å². The van der Waals surface area contributed by atoms with Crippen molar-refractivity contribution < 1.29 is 31.1 Å². The fourth-order valence-corrected chi connectivity index (χ4v) is 5.74. The number of ether oxygens (including phenoxy) is 1. The van der Waals surface area contributed by atoms with E-state index in [0.717, 1.165) is 36.5 Å². The molecule has 2 heterocycles. The van der Waals surface area contributed by atoms with Gasteiger partial charge in [0.15, 0.2) is 0 Å². The molecule has 11 nitrogen and oxygen atoms in total. The van der Waals surface area contributed by atoms with Gasteiger partial charge in [-0.15, -0.1) is 0 Å². The van der Waals surface area contributed by atoms with Crippen molar-refractivity contribution in [2.45, 2.75) is 50.0 Å². The number of carbonyl (C=O) groups excluding carboxylic acids is 1. The van der Waals surface area contributed by atoms with Crippen molar-refractivity contribution in [3.8, 4) is 5.75 Å². The topological polar surface area (TPSA) is 129 Å². The average molecular weight is 612 g/mol. The molecule has 15 heteroatoms. The van der Waals surface area contributed by atoms with Crippen LogP contribution in [0.2, 0.25) is 0 Å². The van der Waals surface area contributed by atoms with Gasteiger partial charge in [0.05, 0.1) is 19.1 Å². The average Bonchev–Trinajstić information content (AvgIpc) is 2.93. The Morgan fingerprint density at radius 3 is 2.50 bits per heavy atom. The van der Waals surface area contributed by atoms with Gasteiger partial charge in [-0.3, -0.25) is 4.79 Å². The minimum absolute atomic E-state index is 0.0699. The van der Waals surface area contributed by atoms with Gasteiger partial charge in [0, 0.05) is 36.9 Å². The van der Waals surface area contributed by atoms with Crippen LogP contribution in [-0.4, -0.2) is 92.2 Å². The number of anilines is 3.